The van der Waals surface area contributed by atoms with Crippen LogP contribution in [0.1, 0.15) is 30.3 Å². The second-order valence-electron chi connectivity index (χ2n) is 10.1. The Kier molecular flexibility index (Phi) is 6.12. The second kappa shape index (κ2) is 9.93. The molecule has 0 spiro atoms. The topological polar surface area (TPSA) is 111 Å². The van der Waals surface area contributed by atoms with Crippen LogP contribution in [0.5, 0.6) is 11.5 Å². The van der Waals surface area contributed by atoms with Crippen molar-refractivity contribution in [3.63, 3.8) is 0 Å². The van der Waals surface area contributed by atoms with Crippen LogP contribution in [0.3, 0.4) is 0 Å². The summed E-state index contributed by atoms with van der Waals surface area (Å²) in [6.45, 7) is 3.75. The highest BCUT2D eigenvalue weighted by Gasteiger charge is 2.34. The maximum Gasteiger partial charge on any atom is 0.253 e. The molecule has 202 valence electrons. The number of ether oxygens (including phenoxy) is 3. The lowest BCUT2D eigenvalue weighted by Gasteiger charge is -2.39. The molecule has 0 aliphatic carbocycles. The molecule has 0 amide bonds. The lowest BCUT2D eigenvalue weighted by Crippen LogP contribution is -2.49. The number of hydrogen-bond acceptors (Lipinski definition) is 9. The van der Waals surface area contributed by atoms with E-state index in [4.69, 9.17) is 14.2 Å². The van der Waals surface area contributed by atoms with Crippen molar-refractivity contribution in [2.45, 2.75) is 31.5 Å². The molecule has 39 heavy (non-hydrogen) atoms. The van der Waals surface area contributed by atoms with E-state index in [-0.39, 0.29) is 24.3 Å². The fourth-order valence-electron chi connectivity index (χ4n) is 5.76. The Morgan fingerprint density at radius 1 is 1.08 bits per heavy atom. The van der Waals surface area contributed by atoms with Gasteiger partial charge in [-0.05, 0) is 47.5 Å². The lowest BCUT2D eigenvalue weighted by molar-refractivity contribution is 0.0906. The average molecular weight is 534 g/mol. The van der Waals surface area contributed by atoms with Crippen molar-refractivity contribution < 1.29 is 18.6 Å². The molecule has 0 unspecified atom stereocenters. The molecular weight excluding hydrogens is 505 g/mol. The molecule has 2 aromatic heterocycles. The van der Waals surface area contributed by atoms with Crippen LogP contribution < -0.4 is 19.9 Å². The summed E-state index contributed by atoms with van der Waals surface area (Å²) in [4.78, 5) is 20.8. The summed E-state index contributed by atoms with van der Waals surface area (Å²) in [7, 11) is 0. The lowest BCUT2D eigenvalue weighted by atomic mass is 10.0. The number of hydrogen-bond donors (Lipinski definition) is 1. The van der Waals surface area contributed by atoms with Gasteiger partial charge in [-0.25, -0.2) is 9.07 Å². The number of piperazine rings is 1. The molecule has 11 nitrogen and oxygen atoms in total. The van der Waals surface area contributed by atoms with Gasteiger partial charge in [0.25, 0.3) is 5.56 Å². The molecule has 4 aromatic rings. The predicted octanol–water partition coefficient (Wildman–Crippen LogP) is 2.47. The number of anilines is 1. The Balaban J connectivity index is 1.26. The van der Waals surface area contributed by atoms with Crippen molar-refractivity contribution in [1.82, 2.24) is 30.1 Å². The average Bonchev–Trinajstić information content (AvgIpc) is 3.72. The van der Waals surface area contributed by atoms with Crippen molar-refractivity contribution in [3.05, 3.63) is 70.0 Å². The molecule has 0 bridgehead atoms. The molecule has 2 saturated heterocycles. The Morgan fingerprint density at radius 3 is 2.69 bits per heavy atom. The van der Waals surface area contributed by atoms with Gasteiger partial charge >= 0.3 is 0 Å². The zero-order valence-electron chi connectivity index (χ0n) is 21.3. The first-order valence-corrected chi connectivity index (χ1v) is 13.2. The third kappa shape index (κ3) is 4.49. The summed E-state index contributed by atoms with van der Waals surface area (Å²) in [6.07, 6.45) is 1.97. The number of aromatic nitrogens is 5. The van der Waals surface area contributed by atoms with Gasteiger partial charge in [0, 0.05) is 49.8 Å². The van der Waals surface area contributed by atoms with E-state index >= 15 is 0 Å². The zero-order valence-corrected chi connectivity index (χ0v) is 21.3. The van der Waals surface area contributed by atoms with Crippen LogP contribution in [0, 0.1) is 5.82 Å². The van der Waals surface area contributed by atoms with Gasteiger partial charge in [-0.2, -0.15) is 0 Å². The third-order valence-electron chi connectivity index (χ3n) is 7.74. The number of pyridine rings is 1. The van der Waals surface area contributed by atoms with Gasteiger partial charge in [0.1, 0.15) is 11.9 Å². The van der Waals surface area contributed by atoms with E-state index in [0.717, 1.165) is 24.8 Å². The number of aromatic amines is 1. The predicted molar refractivity (Wildman–Crippen MR) is 140 cm³/mol. The van der Waals surface area contributed by atoms with E-state index in [1.54, 1.807) is 22.9 Å². The minimum absolute atomic E-state index is 0.0282. The summed E-state index contributed by atoms with van der Waals surface area (Å²) in [5.41, 5.74) is 1.55. The number of halogens is 1. The standard InChI is InChI=1S/C27H28FN7O4/c28-20-5-1-2-6-22(20)33-7-9-34(10-8-33)25(26-30-31-32-35(26)15-18-4-3-11-37-18)19-12-17-13-23-24(39-16-38-23)14-21(17)29-27(19)36/h1-2,5-6,12-14,18,25H,3-4,7-11,15-16H2,(H,29,36)/t18-,25-/m1/s1. The van der Waals surface area contributed by atoms with E-state index in [2.05, 4.69) is 25.4 Å². The molecule has 5 heterocycles. The van der Waals surface area contributed by atoms with Gasteiger partial charge in [-0.3, -0.25) is 9.69 Å². The maximum absolute atomic E-state index is 14.5. The summed E-state index contributed by atoms with van der Waals surface area (Å²) in [5.74, 6) is 1.58. The van der Waals surface area contributed by atoms with Crippen LogP contribution >= 0.6 is 0 Å². The minimum atomic E-state index is -0.511. The summed E-state index contributed by atoms with van der Waals surface area (Å²) >= 11 is 0. The number of para-hydroxylation sites is 1. The van der Waals surface area contributed by atoms with Gasteiger partial charge in [-0.15, -0.1) is 5.10 Å². The number of nitrogens with zero attached hydrogens (tertiary/aromatic N) is 6. The molecule has 12 heteroatoms. The Bertz CT molecular complexity index is 1560. The molecule has 7 rings (SSSR count). The highest BCUT2D eigenvalue weighted by molar-refractivity contribution is 5.83. The number of H-pyrrole nitrogens is 1. The van der Waals surface area contributed by atoms with E-state index in [0.29, 0.717) is 66.8 Å². The number of rotatable bonds is 6. The third-order valence-corrected chi connectivity index (χ3v) is 7.74. The molecule has 2 atom stereocenters. The SMILES string of the molecule is O=c1[nH]c2cc3c(cc2cc1[C@H](c1nnnn1C[C@H]1CCCO1)N1CCN(c2ccccc2F)CC1)OCO3. The normalized spacial score (nSPS) is 20.1. The van der Waals surface area contributed by atoms with Crippen molar-refractivity contribution in [2.75, 3.05) is 44.5 Å². The van der Waals surface area contributed by atoms with Gasteiger partial charge in [0.15, 0.2) is 17.3 Å². The van der Waals surface area contributed by atoms with Gasteiger partial charge < -0.3 is 24.1 Å². The summed E-state index contributed by atoms with van der Waals surface area (Å²) < 4.78 is 33.2. The maximum atomic E-state index is 14.5. The fourth-order valence-corrected chi connectivity index (χ4v) is 5.76. The second-order valence-corrected chi connectivity index (χ2v) is 10.1. The zero-order chi connectivity index (χ0) is 26.3. The van der Waals surface area contributed by atoms with Gasteiger partial charge in [-0.1, -0.05) is 12.1 Å². The Labute approximate surface area is 223 Å². The van der Waals surface area contributed by atoms with Crippen LogP contribution in [-0.2, 0) is 11.3 Å². The first kappa shape index (κ1) is 24.0. The van der Waals surface area contributed by atoms with Gasteiger partial charge in [0.05, 0.1) is 23.9 Å². The smallest absolute Gasteiger partial charge is 0.253 e. The van der Waals surface area contributed by atoms with Crippen molar-refractivity contribution >= 4 is 16.6 Å². The molecule has 3 aliphatic rings. The van der Waals surface area contributed by atoms with E-state index in [1.807, 2.05) is 23.1 Å². The van der Waals surface area contributed by atoms with E-state index in [1.165, 1.54) is 6.07 Å². The number of nitrogens with one attached hydrogen (secondary N) is 1. The molecule has 2 fully saturated rings. The van der Waals surface area contributed by atoms with Crippen LogP contribution in [0.15, 0.2) is 47.3 Å². The minimum Gasteiger partial charge on any atom is -0.454 e. The number of fused-ring (bicyclic) bond motifs is 2. The van der Waals surface area contributed by atoms with Crippen LogP contribution in [0.2, 0.25) is 0 Å². The summed E-state index contributed by atoms with van der Waals surface area (Å²) in [5, 5.41) is 13.5. The molecule has 1 N–H and O–H groups in total. The Morgan fingerprint density at radius 2 is 1.90 bits per heavy atom. The van der Waals surface area contributed by atoms with Crippen molar-refractivity contribution in [3.8, 4) is 11.5 Å². The van der Waals surface area contributed by atoms with E-state index < -0.39 is 6.04 Å². The first-order valence-electron chi connectivity index (χ1n) is 13.2. The highest BCUT2D eigenvalue weighted by Crippen LogP contribution is 2.36. The van der Waals surface area contributed by atoms with Crippen molar-refractivity contribution in [2.24, 2.45) is 0 Å². The Hall–Kier alpha value is -4.03. The van der Waals surface area contributed by atoms with E-state index in [9.17, 15) is 9.18 Å². The van der Waals surface area contributed by atoms with Crippen LogP contribution in [-0.4, -0.2) is 75.8 Å². The van der Waals surface area contributed by atoms with Crippen molar-refractivity contribution in [1.29, 1.82) is 0 Å². The molecule has 0 radical (unpaired) electrons. The molecule has 2 aromatic carbocycles. The fraction of sp³-hybridized carbons (Fsp3) is 0.407. The largest absolute Gasteiger partial charge is 0.454 e. The molecule has 3 aliphatic heterocycles. The quantitative estimate of drug-likeness (QED) is 0.400. The summed E-state index contributed by atoms with van der Waals surface area (Å²) in [6, 6.07) is 11.8. The van der Waals surface area contributed by atoms with Crippen LogP contribution in [0.25, 0.3) is 10.9 Å². The van der Waals surface area contributed by atoms with Crippen LogP contribution in [0.4, 0.5) is 10.1 Å². The highest BCUT2D eigenvalue weighted by atomic mass is 19.1. The molecule has 0 saturated carbocycles. The number of tetrazole rings is 1. The number of benzene rings is 2. The molecular formula is C27H28FN7O4. The first-order chi connectivity index (χ1) is 19.1. The monoisotopic (exact) mass is 533 g/mol. The van der Waals surface area contributed by atoms with Gasteiger partial charge in [0.2, 0.25) is 6.79 Å².